The molecule has 6 heteroatoms. The van der Waals surface area contributed by atoms with E-state index in [2.05, 4.69) is 46.4 Å². The lowest BCUT2D eigenvalue weighted by Crippen LogP contribution is -2.38. The summed E-state index contributed by atoms with van der Waals surface area (Å²) in [6.07, 6.45) is 2.08. The second-order valence-corrected chi connectivity index (χ2v) is 6.48. The standard InChI is InChI=1S/C19H29N5O/c1-14(2)18-16(13-24(5)22-18)12-23(4)19(20-3)21-11-15-8-7-9-17(10-15)25-6/h7-10,13-14H,11-12H2,1-6H3,(H,20,21). The summed E-state index contributed by atoms with van der Waals surface area (Å²) in [5.74, 6) is 2.11. The average molecular weight is 343 g/mol. The highest BCUT2D eigenvalue weighted by molar-refractivity contribution is 5.79. The van der Waals surface area contributed by atoms with Crippen LogP contribution in [0.2, 0.25) is 0 Å². The van der Waals surface area contributed by atoms with Crippen LogP contribution in [-0.2, 0) is 20.1 Å². The summed E-state index contributed by atoms with van der Waals surface area (Å²) < 4.78 is 7.15. The lowest BCUT2D eigenvalue weighted by Gasteiger charge is -2.22. The number of nitrogens with one attached hydrogen (secondary N) is 1. The van der Waals surface area contributed by atoms with Gasteiger partial charge in [-0.2, -0.15) is 5.10 Å². The molecule has 0 fully saturated rings. The van der Waals surface area contributed by atoms with Gasteiger partial charge in [0.25, 0.3) is 0 Å². The number of hydrogen-bond acceptors (Lipinski definition) is 3. The zero-order valence-electron chi connectivity index (χ0n) is 16.1. The molecule has 0 aliphatic rings. The van der Waals surface area contributed by atoms with Crippen LogP contribution in [0.3, 0.4) is 0 Å². The molecule has 0 aliphatic heterocycles. The van der Waals surface area contributed by atoms with E-state index < -0.39 is 0 Å². The van der Waals surface area contributed by atoms with Crippen LogP contribution in [0.1, 0.15) is 36.6 Å². The van der Waals surface area contributed by atoms with E-state index in [0.717, 1.165) is 29.5 Å². The first-order valence-corrected chi connectivity index (χ1v) is 8.51. The van der Waals surface area contributed by atoms with Gasteiger partial charge in [-0.15, -0.1) is 0 Å². The molecule has 2 rings (SSSR count). The number of hydrogen-bond donors (Lipinski definition) is 1. The molecule has 0 spiro atoms. The average Bonchev–Trinajstić information content (AvgIpc) is 2.96. The Morgan fingerprint density at radius 3 is 2.80 bits per heavy atom. The van der Waals surface area contributed by atoms with Crippen molar-refractivity contribution in [3.05, 3.63) is 47.3 Å². The second kappa shape index (κ2) is 8.55. The van der Waals surface area contributed by atoms with Crippen molar-refractivity contribution >= 4 is 5.96 Å². The zero-order valence-corrected chi connectivity index (χ0v) is 16.1. The maximum absolute atomic E-state index is 5.27. The van der Waals surface area contributed by atoms with E-state index in [0.29, 0.717) is 12.5 Å². The van der Waals surface area contributed by atoms with Gasteiger partial charge < -0.3 is 15.0 Å². The molecule has 0 aliphatic carbocycles. The van der Waals surface area contributed by atoms with Gasteiger partial charge in [0.05, 0.1) is 12.8 Å². The summed E-state index contributed by atoms with van der Waals surface area (Å²) in [5.41, 5.74) is 3.51. The third-order valence-electron chi connectivity index (χ3n) is 4.05. The molecule has 0 saturated heterocycles. The summed E-state index contributed by atoms with van der Waals surface area (Å²) >= 11 is 0. The van der Waals surface area contributed by atoms with Crippen molar-refractivity contribution in [1.29, 1.82) is 0 Å². The lowest BCUT2D eigenvalue weighted by molar-refractivity contribution is 0.414. The van der Waals surface area contributed by atoms with Crippen LogP contribution in [0.4, 0.5) is 0 Å². The maximum atomic E-state index is 5.27. The third-order valence-corrected chi connectivity index (χ3v) is 4.05. The molecule has 1 aromatic carbocycles. The summed E-state index contributed by atoms with van der Waals surface area (Å²) in [6, 6.07) is 8.03. The zero-order chi connectivity index (χ0) is 18.4. The maximum Gasteiger partial charge on any atom is 0.193 e. The van der Waals surface area contributed by atoms with Gasteiger partial charge in [-0.25, -0.2) is 0 Å². The molecule has 0 unspecified atom stereocenters. The Kier molecular flexibility index (Phi) is 6.44. The number of benzene rings is 1. The third kappa shape index (κ3) is 4.98. The molecule has 1 aromatic heterocycles. The fraction of sp³-hybridized carbons (Fsp3) is 0.474. The molecule has 25 heavy (non-hydrogen) atoms. The number of rotatable bonds is 6. The van der Waals surface area contributed by atoms with Crippen LogP contribution in [0.5, 0.6) is 5.75 Å². The molecule has 0 radical (unpaired) electrons. The van der Waals surface area contributed by atoms with Crippen molar-refractivity contribution in [2.24, 2.45) is 12.0 Å². The highest BCUT2D eigenvalue weighted by Gasteiger charge is 2.15. The van der Waals surface area contributed by atoms with Gasteiger partial charge in [-0.1, -0.05) is 26.0 Å². The minimum Gasteiger partial charge on any atom is -0.497 e. The number of methoxy groups -OCH3 is 1. The van der Waals surface area contributed by atoms with Crippen molar-refractivity contribution in [1.82, 2.24) is 20.0 Å². The molecule has 0 bridgehead atoms. The Labute approximate surface area is 150 Å². The number of aryl methyl sites for hydroxylation is 1. The summed E-state index contributed by atoms with van der Waals surface area (Å²) in [4.78, 5) is 6.51. The van der Waals surface area contributed by atoms with Crippen molar-refractivity contribution in [3.8, 4) is 5.75 Å². The summed E-state index contributed by atoms with van der Waals surface area (Å²) in [5, 5.41) is 7.98. The van der Waals surface area contributed by atoms with E-state index in [1.807, 2.05) is 37.0 Å². The predicted octanol–water partition coefficient (Wildman–Crippen LogP) is 2.76. The SMILES string of the molecule is CN=C(NCc1cccc(OC)c1)N(C)Cc1cn(C)nc1C(C)C. The highest BCUT2D eigenvalue weighted by Crippen LogP contribution is 2.18. The van der Waals surface area contributed by atoms with Gasteiger partial charge in [0.15, 0.2) is 5.96 Å². The molecule has 0 saturated carbocycles. The number of aromatic nitrogens is 2. The van der Waals surface area contributed by atoms with E-state index in [1.165, 1.54) is 5.56 Å². The van der Waals surface area contributed by atoms with Gasteiger partial charge in [0.1, 0.15) is 5.75 Å². The van der Waals surface area contributed by atoms with Gasteiger partial charge >= 0.3 is 0 Å². The molecule has 2 aromatic rings. The highest BCUT2D eigenvalue weighted by atomic mass is 16.5. The Hall–Kier alpha value is -2.50. The largest absolute Gasteiger partial charge is 0.497 e. The monoisotopic (exact) mass is 343 g/mol. The molecular formula is C19H29N5O. The molecule has 136 valence electrons. The smallest absolute Gasteiger partial charge is 0.193 e. The molecule has 0 amide bonds. The minimum atomic E-state index is 0.399. The Morgan fingerprint density at radius 1 is 1.40 bits per heavy atom. The molecule has 0 atom stereocenters. The summed E-state index contributed by atoms with van der Waals surface area (Å²) in [6.45, 7) is 5.79. The van der Waals surface area contributed by atoms with Crippen LogP contribution in [0, 0.1) is 0 Å². The Balaban J connectivity index is 2.02. The van der Waals surface area contributed by atoms with Crippen molar-refractivity contribution in [3.63, 3.8) is 0 Å². The summed E-state index contributed by atoms with van der Waals surface area (Å²) in [7, 11) is 7.49. The van der Waals surface area contributed by atoms with Crippen LogP contribution >= 0.6 is 0 Å². The Morgan fingerprint density at radius 2 is 2.16 bits per heavy atom. The predicted molar refractivity (Wildman–Crippen MR) is 102 cm³/mol. The molecule has 6 nitrogen and oxygen atoms in total. The van der Waals surface area contributed by atoms with Crippen LogP contribution in [-0.4, -0.2) is 41.8 Å². The minimum absolute atomic E-state index is 0.399. The number of guanidine groups is 1. The first kappa shape index (κ1) is 18.8. The van der Waals surface area contributed by atoms with Gasteiger partial charge in [-0.05, 0) is 23.6 Å². The fourth-order valence-corrected chi connectivity index (χ4v) is 2.84. The topological polar surface area (TPSA) is 54.7 Å². The second-order valence-electron chi connectivity index (χ2n) is 6.48. The van der Waals surface area contributed by atoms with Crippen molar-refractivity contribution in [2.75, 3.05) is 21.2 Å². The molecular weight excluding hydrogens is 314 g/mol. The van der Waals surface area contributed by atoms with E-state index in [-0.39, 0.29) is 0 Å². The quantitative estimate of drug-likeness (QED) is 0.647. The van der Waals surface area contributed by atoms with Gasteiger partial charge in [-0.3, -0.25) is 9.67 Å². The first-order chi connectivity index (χ1) is 11.9. The van der Waals surface area contributed by atoms with Crippen LogP contribution < -0.4 is 10.1 Å². The molecule has 1 heterocycles. The lowest BCUT2D eigenvalue weighted by atomic mass is 10.1. The van der Waals surface area contributed by atoms with Gasteiger partial charge in [0.2, 0.25) is 0 Å². The number of nitrogens with zero attached hydrogens (tertiary/aromatic N) is 4. The number of ether oxygens (including phenoxy) is 1. The number of aliphatic imine (C=N–C) groups is 1. The van der Waals surface area contributed by atoms with Crippen LogP contribution in [0.15, 0.2) is 35.5 Å². The van der Waals surface area contributed by atoms with E-state index in [4.69, 9.17) is 4.74 Å². The van der Waals surface area contributed by atoms with E-state index >= 15 is 0 Å². The Bertz CT molecular complexity index is 720. The van der Waals surface area contributed by atoms with E-state index in [1.54, 1.807) is 14.2 Å². The van der Waals surface area contributed by atoms with Crippen molar-refractivity contribution in [2.45, 2.75) is 32.9 Å². The van der Waals surface area contributed by atoms with Crippen molar-refractivity contribution < 1.29 is 4.74 Å². The van der Waals surface area contributed by atoms with E-state index in [9.17, 15) is 0 Å². The van der Waals surface area contributed by atoms with Crippen LogP contribution in [0.25, 0.3) is 0 Å². The molecule has 1 N–H and O–H groups in total. The van der Waals surface area contributed by atoms with Gasteiger partial charge in [0, 0.05) is 46.0 Å². The normalized spacial score (nSPS) is 11.7. The first-order valence-electron chi connectivity index (χ1n) is 8.51. The fourth-order valence-electron chi connectivity index (χ4n) is 2.84.